The number of aromatic nitrogens is 1. The first-order chi connectivity index (χ1) is 9.58. The summed E-state index contributed by atoms with van der Waals surface area (Å²) in [5, 5.41) is 0.667. The van der Waals surface area contributed by atoms with Crippen LogP contribution < -0.4 is 0 Å². The number of halogens is 1. The summed E-state index contributed by atoms with van der Waals surface area (Å²) in [4.78, 5) is 4.58. The van der Waals surface area contributed by atoms with Crippen molar-refractivity contribution in [1.29, 1.82) is 0 Å². The van der Waals surface area contributed by atoms with Gasteiger partial charge in [0.25, 0.3) is 0 Å². The normalized spacial score (nSPS) is 11.4. The monoisotopic (exact) mass is 285 g/mol. The van der Waals surface area contributed by atoms with Gasteiger partial charge in [0, 0.05) is 5.56 Å². The van der Waals surface area contributed by atoms with Gasteiger partial charge in [-0.3, -0.25) is 0 Å². The minimum Gasteiger partial charge on any atom is -0.435 e. The molecule has 0 N–H and O–H groups in total. The molecular weight excluding hydrogens is 270 g/mol. The van der Waals surface area contributed by atoms with Crippen molar-refractivity contribution in [2.45, 2.75) is 26.7 Å². The van der Waals surface area contributed by atoms with E-state index in [9.17, 15) is 0 Å². The Labute approximate surface area is 123 Å². The van der Waals surface area contributed by atoms with E-state index in [0.717, 1.165) is 16.6 Å². The highest BCUT2D eigenvalue weighted by molar-refractivity contribution is 6.35. The Morgan fingerprint density at radius 1 is 1.15 bits per heavy atom. The molecule has 0 spiro atoms. The largest absolute Gasteiger partial charge is 0.435 e. The van der Waals surface area contributed by atoms with Gasteiger partial charge in [0.1, 0.15) is 5.52 Å². The van der Waals surface area contributed by atoms with Gasteiger partial charge in [-0.1, -0.05) is 43.6 Å². The van der Waals surface area contributed by atoms with Crippen LogP contribution in [0.15, 0.2) is 40.8 Å². The lowest BCUT2D eigenvalue weighted by Crippen LogP contribution is -1.93. The van der Waals surface area contributed by atoms with Crippen LogP contribution in [0.1, 0.15) is 30.9 Å². The van der Waals surface area contributed by atoms with Gasteiger partial charge in [-0.25, -0.2) is 4.98 Å². The molecule has 0 amide bonds. The smallest absolute Gasteiger partial charge is 0.227 e. The highest BCUT2D eigenvalue weighted by Gasteiger charge is 2.16. The number of oxazole rings is 1. The van der Waals surface area contributed by atoms with Crippen LogP contribution in [0.2, 0.25) is 5.02 Å². The summed E-state index contributed by atoms with van der Waals surface area (Å²) in [6, 6.07) is 12.0. The zero-order chi connectivity index (χ0) is 14.3. The third kappa shape index (κ3) is 2.10. The van der Waals surface area contributed by atoms with Gasteiger partial charge in [0.2, 0.25) is 5.89 Å². The van der Waals surface area contributed by atoms with Gasteiger partial charge < -0.3 is 4.42 Å². The molecule has 3 rings (SSSR count). The van der Waals surface area contributed by atoms with Crippen LogP contribution in [-0.2, 0) is 0 Å². The molecule has 2 aromatic carbocycles. The molecule has 0 fully saturated rings. The van der Waals surface area contributed by atoms with E-state index in [0.29, 0.717) is 22.4 Å². The first-order valence-corrected chi connectivity index (χ1v) is 7.10. The van der Waals surface area contributed by atoms with Crippen molar-refractivity contribution in [2.75, 3.05) is 0 Å². The molecule has 0 unspecified atom stereocenters. The van der Waals surface area contributed by atoms with E-state index in [1.807, 2.05) is 37.3 Å². The van der Waals surface area contributed by atoms with E-state index in [1.165, 1.54) is 5.56 Å². The number of hydrogen-bond acceptors (Lipinski definition) is 2. The highest BCUT2D eigenvalue weighted by Crippen LogP contribution is 2.35. The second kappa shape index (κ2) is 4.95. The molecule has 20 heavy (non-hydrogen) atoms. The summed E-state index contributed by atoms with van der Waals surface area (Å²) in [7, 11) is 0. The molecule has 1 aromatic heterocycles. The van der Waals surface area contributed by atoms with Crippen molar-refractivity contribution in [3.8, 4) is 11.5 Å². The number of fused-ring (bicyclic) bond motifs is 1. The van der Waals surface area contributed by atoms with Crippen LogP contribution >= 0.6 is 11.6 Å². The molecule has 3 aromatic rings. The van der Waals surface area contributed by atoms with Crippen molar-refractivity contribution < 1.29 is 4.42 Å². The number of rotatable bonds is 2. The van der Waals surface area contributed by atoms with E-state index in [2.05, 4.69) is 24.9 Å². The minimum atomic E-state index is 0.411. The van der Waals surface area contributed by atoms with Crippen LogP contribution in [0.4, 0.5) is 0 Å². The Morgan fingerprint density at radius 3 is 2.50 bits per heavy atom. The molecule has 0 saturated heterocycles. The molecule has 1 heterocycles. The predicted octanol–water partition coefficient (Wildman–Crippen LogP) is 5.58. The number of nitrogens with zero attached hydrogens (tertiary/aromatic N) is 1. The van der Waals surface area contributed by atoms with E-state index in [1.54, 1.807) is 0 Å². The SMILES string of the molecule is Cc1c(C(C)C)cc2nc(-c3ccccc3)oc2c1Cl. The minimum absolute atomic E-state index is 0.411. The lowest BCUT2D eigenvalue weighted by molar-refractivity contribution is 0.619. The zero-order valence-corrected chi connectivity index (χ0v) is 12.5. The van der Waals surface area contributed by atoms with Gasteiger partial charge in [0.05, 0.1) is 5.02 Å². The standard InChI is InChI=1S/C17H16ClNO/c1-10(2)13-9-14-16(15(18)11(13)3)20-17(19-14)12-7-5-4-6-8-12/h4-10H,1-3H3. The van der Waals surface area contributed by atoms with E-state index in [-0.39, 0.29) is 0 Å². The molecule has 0 aliphatic heterocycles. The summed E-state index contributed by atoms with van der Waals surface area (Å²) in [6.45, 7) is 6.34. The van der Waals surface area contributed by atoms with Gasteiger partial charge in [-0.05, 0) is 42.2 Å². The summed E-state index contributed by atoms with van der Waals surface area (Å²) in [6.07, 6.45) is 0. The zero-order valence-electron chi connectivity index (χ0n) is 11.8. The lowest BCUT2D eigenvalue weighted by atomic mass is 9.97. The fraction of sp³-hybridized carbons (Fsp3) is 0.235. The summed E-state index contributed by atoms with van der Waals surface area (Å²) in [5.41, 5.74) is 4.75. The molecule has 0 saturated carbocycles. The van der Waals surface area contributed by atoms with Gasteiger partial charge in [-0.15, -0.1) is 0 Å². The number of benzene rings is 2. The molecule has 2 nitrogen and oxygen atoms in total. The average molecular weight is 286 g/mol. The summed E-state index contributed by atoms with van der Waals surface area (Å²) in [5.74, 6) is 1.02. The van der Waals surface area contributed by atoms with Crippen molar-refractivity contribution in [3.05, 3.63) is 52.5 Å². The number of hydrogen-bond donors (Lipinski definition) is 0. The van der Waals surface area contributed by atoms with Crippen LogP contribution in [0.5, 0.6) is 0 Å². The van der Waals surface area contributed by atoms with E-state index in [4.69, 9.17) is 16.0 Å². The lowest BCUT2D eigenvalue weighted by Gasteiger charge is -2.10. The molecule has 0 radical (unpaired) electrons. The van der Waals surface area contributed by atoms with Gasteiger partial charge >= 0.3 is 0 Å². The van der Waals surface area contributed by atoms with Crippen LogP contribution in [0, 0.1) is 6.92 Å². The Morgan fingerprint density at radius 2 is 1.85 bits per heavy atom. The van der Waals surface area contributed by atoms with E-state index >= 15 is 0 Å². The fourth-order valence-corrected chi connectivity index (χ4v) is 2.69. The second-order valence-corrected chi connectivity index (χ2v) is 5.67. The molecule has 0 atom stereocenters. The highest BCUT2D eigenvalue weighted by atomic mass is 35.5. The molecule has 102 valence electrons. The van der Waals surface area contributed by atoms with Crippen molar-refractivity contribution in [2.24, 2.45) is 0 Å². The Bertz CT molecular complexity index is 760. The van der Waals surface area contributed by atoms with E-state index < -0.39 is 0 Å². The maximum atomic E-state index is 6.44. The quantitative estimate of drug-likeness (QED) is 0.614. The summed E-state index contributed by atoms with van der Waals surface area (Å²) >= 11 is 6.44. The predicted molar refractivity (Wildman–Crippen MR) is 83.3 cm³/mol. The third-order valence-corrected chi connectivity index (χ3v) is 4.01. The van der Waals surface area contributed by atoms with Crippen LogP contribution in [0.3, 0.4) is 0 Å². The summed E-state index contributed by atoms with van der Waals surface area (Å²) < 4.78 is 5.86. The Hall–Kier alpha value is -1.80. The third-order valence-electron chi connectivity index (χ3n) is 3.55. The molecule has 0 bridgehead atoms. The average Bonchev–Trinajstić information content (AvgIpc) is 2.88. The Kier molecular flexibility index (Phi) is 3.27. The second-order valence-electron chi connectivity index (χ2n) is 5.29. The van der Waals surface area contributed by atoms with Crippen molar-refractivity contribution in [3.63, 3.8) is 0 Å². The maximum absolute atomic E-state index is 6.44. The van der Waals surface area contributed by atoms with Crippen molar-refractivity contribution in [1.82, 2.24) is 4.98 Å². The molecule has 3 heteroatoms. The first kappa shape index (κ1) is 13.2. The first-order valence-electron chi connectivity index (χ1n) is 6.73. The van der Waals surface area contributed by atoms with Crippen LogP contribution in [0.25, 0.3) is 22.6 Å². The van der Waals surface area contributed by atoms with Gasteiger partial charge in [0.15, 0.2) is 5.58 Å². The van der Waals surface area contributed by atoms with Crippen LogP contribution in [-0.4, -0.2) is 4.98 Å². The van der Waals surface area contributed by atoms with Gasteiger partial charge in [-0.2, -0.15) is 0 Å². The fourth-order valence-electron chi connectivity index (χ4n) is 2.44. The molecule has 0 aliphatic carbocycles. The van der Waals surface area contributed by atoms with Crippen molar-refractivity contribution >= 4 is 22.7 Å². The topological polar surface area (TPSA) is 26.0 Å². The molecule has 0 aliphatic rings. The molecular formula is C17H16ClNO. The Balaban J connectivity index is 2.24. The maximum Gasteiger partial charge on any atom is 0.227 e.